The number of hydrogen-bond donors (Lipinski definition) is 1. The molecule has 0 radical (unpaired) electrons. The molecule has 0 amide bonds. The van der Waals surface area contributed by atoms with E-state index in [1.807, 2.05) is 24.3 Å². The molecule has 2 heterocycles. The van der Waals surface area contributed by atoms with Crippen molar-refractivity contribution in [1.29, 1.82) is 0 Å². The molecule has 3 aromatic rings. The van der Waals surface area contributed by atoms with Crippen LogP contribution in [0, 0.1) is 0 Å². The Labute approximate surface area is 106 Å². The van der Waals surface area contributed by atoms with E-state index in [-0.39, 0.29) is 0 Å². The van der Waals surface area contributed by atoms with Crippen molar-refractivity contribution in [2.24, 2.45) is 0 Å². The minimum absolute atomic E-state index is 1.05. The quantitative estimate of drug-likeness (QED) is 0.644. The molecular formula is C16H15NO. The molecule has 4 rings (SSSR count). The maximum atomic E-state index is 4.96. The summed E-state index contributed by atoms with van der Waals surface area (Å²) < 4.78 is 4.96. The highest BCUT2D eigenvalue weighted by molar-refractivity contribution is 5.80. The molecule has 0 saturated heterocycles. The van der Waals surface area contributed by atoms with Crippen molar-refractivity contribution in [2.45, 2.75) is 13.1 Å². The number of nitrogens with one attached hydrogen (secondary N) is 1. The molecule has 2 nitrogen and oxygen atoms in total. The average Bonchev–Trinajstić information content (AvgIpc) is 3.08. The largest absolute Gasteiger partial charge is 0.471 e. The third kappa shape index (κ3) is 2.29. The van der Waals surface area contributed by atoms with Crippen molar-refractivity contribution in [3.8, 4) is 0 Å². The fourth-order valence-corrected chi connectivity index (χ4v) is 2.14. The van der Waals surface area contributed by atoms with Gasteiger partial charge in [-0.1, -0.05) is 48.5 Å². The van der Waals surface area contributed by atoms with E-state index >= 15 is 0 Å². The molecule has 0 saturated carbocycles. The van der Waals surface area contributed by atoms with Gasteiger partial charge < -0.3 is 9.73 Å². The summed E-state index contributed by atoms with van der Waals surface area (Å²) in [6.45, 7) is 2.10. The molecule has 0 fully saturated rings. The minimum Gasteiger partial charge on any atom is -0.471 e. The molecule has 0 bridgehead atoms. The maximum absolute atomic E-state index is 4.96. The fraction of sp³-hybridized carbons (Fsp3) is 0.125. The van der Waals surface area contributed by atoms with Gasteiger partial charge in [0.25, 0.3) is 0 Å². The summed E-state index contributed by atoms with van der Waals surface area (Å²) >= 11 is 0. The van der Waals surface area contributed by atoms with Crippen molar-refractivity contribution in [3.05, 3.63) is 72.2 Å². The average molecular weight is 237 g/mol. The maximum Gasteiger partial charge on any atom is 0.0981 e. The lowest BCUT2D eigenvalue weighted by Gasteiger charge is -1.91. The zero-order valence-electron chi connectivity index (χ0n) is 10.1. The molecule has 0 atom stereocenters. The highest BCUT2D eigenvalue weighted by atomic mass is 16.3. The monoisotopic (exact) mass is 237 g/mol. The summed E-state index contributed by atoms with van der Waals surface area (Å²) in [6.07, 6.45) is 3.49. The Bertz CT molecular complexity index is 589. The van der Waals surface area contributed by atoms with Crippen molar-refractivity contribution in [2.75, 3.05) is 0 Å². The van der Waals surface area contributed by atoms with Gasteiger partial charge in [0.2, 0.25) is 0 Å². The molecule has 0 aliphatic carbocycles. The van der Waals surface area contributed by atoms with Crippen LogP contribution in [0.3, 0.4) is 0 Å². The Hall–Kier alpha value is -2.06. The van der Waals surface area contributed by atoms with E-state index < -0.39 is 0 Å². The summed E-state index contributed by atoms with van der Waals surface area (Å²) in [6, 6.07) is 16.6. The molecule has 2 heteroatoms. The van der Waals surface area contributed by atoms with E-state index in [1.54, 1.807) is 12.5 Å². The van der Waals surface area contributed by atoms with Gasteiger partial charge in [0.1, 0.15) is 0 Å². The normalized spacial score (nSPS) is 12.9. The van der Waals surface area contributed by atoms with E-state index in [2.05, 4.69) is 29.6 Å². The molecule has 2 aromatic carbocycles. The zero-order chi connectivity index (χ0) is 12.2. The van der Waals surface area contributed by atoms with Gasteiger partial charge in [-0.3, -0.25) is 0 Å². The third-order valence-corrected chi connectivity index (χ3v) is 3.14. The standard InChI is InChI=1S/C8H9N.C8H6O/c2*1-2-4-8-6-9-5-7(8)3-1/h1-4,9H,5-6H2;1-6H. The number of rotatable bonds is 0. The van der Waals surface area contributed by atoms with Gasteiger partial charge in [-0.05, 0) is 11.1 Å². The number of benzene rings is 2. The summed E-state index contributed by atoms with van der Waals surface area (Å²) in [4.78, 5) is 0. The van der Waals surface area contributed by atoms with Crippen molar-refractivity contribution in [3.63, 3.8) is 0 Å². The molecule has 1 aliphatic heterocycles. The first-order valence-electron chi connectivity index (χ1n) is 6.12. The van der Waals surface area contributed by atoms with Gasteiger partial charge in [-0.2, -0.15) is 0 Å². The molecule has 1 N–H and O–H groups in total. The van der Waals surface area contributed by atoms with E-state index in [1.165, 1.54) is 11.1 Å². The minimum atomic E-state index is 1.05. The van der Waals surface area contributed by atoms with Crippen LogP contribution in [-0.4, -0.2) is 0 Å². The van der Waals surface area contributed by atoms with Gasteiger partial charge in [-0.15, -0.1) is 0 Å². The molecule has 1 aliphatic rings. The molecule has 1 aromatic heterocycles. The Morgan fingerprint density at radius 3 is 1.78 bits per heavy atom. The first kappa shape index (κ1) is 11.1. The van der Waals surface area contributed by atoms with E-state index in [4.69, 9.17) is 4.42 Å². The van der Waals surface area contributed by atoms with Crippen LogP contribution in [0.25, 0.3) is 10.8 Å². The predicted molar refractivity (Wildman–Crippen MR) is 73.2 cm³/mol. The van der Waals surface area contributed by atoms with Crippen molar-refractivity contribution >= 4 is 10.8 Å². The van der Waals surface area contributed by atoms with E-state index in [0.717, 1.165) is 23.9 Å². The van der Waals surface area contributed by atoms with Crippen LogP contribution in [0.4, 0.5) is 0 Å². The highest BCUT2D eigenvalue weighted by Crippen LogP contribution is 2.13. The van der Waals surface area contributed by atoms with Crippen LogP contribution < -0.4 is 5.32 Å². The Morgan fingerprint density at radius 2 is 1.22 bits per heavy atom. The Kier molecular flexibility index (Phi) is 3.11. The summed E-state index contributed by atoms with van der Waals surface area (Å²) in [7, 11) is 0. The fourth-order valence-electron chi connectivity index (χ4n) is 2.14. The van der Waals surface area contributed by atoms with Gasteiger partial charge in [0.15, 0.2) is 0 Å². The van der Waals surface area contributed by atoms with Gasteiger partial charge >= 0.3 is 0 Å². The zero-order valence-corrected chi connectivity index (χ0v) is 10.1. The van der Waals surface area contributed by atoms with Crippen LogP contribution in [0.2, 0.25) is 0 Å². The first-order chi connectivity index (χ1) is 8.93. The SMILES string of the molecule is c1ccc2c(c1)CNC2.c1ccc2cocc2c1. The highest BCUT2D eigenvalue weighted by Gasteiger charge is 2.06. The summed E-state index contributed by atoms with van der Waals surface area (Å²) in [5.41, 5.74) is 2.91. The van der Waals surface area contributed by atoms with Crippen LogP contribution in [0.5, 0.6) is 0 Å². The lowest BCUT2D eigenvalue weighted by Crippen LogP contribution is -1.99. The van der Waals surface area contributed by atoms with Gasteiger partial charge in [0, 0.05) is 23.9 Å². The first-order valence-corrected chi connectivity index (χ1v) is 6.12. The summed E-state index contributed by atoms with van der Waals surface area (Å²) in [5.74, 6) is 0. The van der Waals surface area contributed by atoms with Gasteiger partial charge in [-0.25, -0.2) is 0 Å². The van der Waals surface area contributed by atoms with Crippen molar-refractivity contribution < 1.29 is 4.42 Å². The van der Waals surface area contributed by atoms with Crippen LogP contribution in [-0.2, 0) is 13.1 Å². The second-order valence-electron chi connectivity index (χ2n) is 4.37. The van der Waals surface area contributed by atoms with Gasteiger partial charge in [0.05, 0.1) is 12.5 Å². The molecule has 0 spiro atoms. The third-order valence-electron chi connectivity index (χ3n) is 3.14. The molecule has 0 unspecified atom stereocenters. The molecular weight excluding hydrogens is 222 g/mol. The van der Waals surface area contributed by atoms with Crippen LogP contribution in [0.1, 0.15) is 11.1 Å². The topological polar surface area (TPSA) is 25.2 Å². The Morgan fingerprint density at radius 1 is 0.722 bits per heavy atom. The number of hydrogen-bond acceptors (Lipinski definition) is 2. The number of fused-ring (bicyclic) bond motifs is 2. The predicted octanol–water partition coefficient (Wildman–Crippen LogP) is 3.72. The van der Waals surface area contributed by atoms with E-state index in [0.29, 0.717) is 0 Å². The lowest BCUT2D eigenvalue weighted by molar-refractivity contribution is 0.572. The van der Waals surface area contributed by atoms with E-state index in [9.17, 15) is 0 Å². The Balaban J connectivity index is 0.000000111. The molecule has 90 valence electrons. The lowest BCUT2D eigenvalue weighted by atomic mass is 10.1. The molecule has 18 heavy (non-hydrogen) atoms. The number of furan rings is 1. The summed E-state index contributed by atoms with van der Waals surface area (Å²) in [5, 5.41) is 5.62. The smallest absolute Gasteiger partial charge is 0.0981 e. The van der Waals surface area contributed by atoms with Crippen LogP contribution in [0.15, 0.2) is 65.5 Å². The van der Waals surface area contributed by atoms with Crippen molar-refractivity contribution in [1.82, 2.24) is 5.32 Å². The van der Waals surface area contributed by atoms with Crippen LogP contribution >= 0.6 is 0 Å². The second kappa shape index (κ2) is 5.07. The second-order valence-corrected chi connectivity index (χ2v) is 4.37.